The molecule has 2 rings (SSSR count). The van der Waals surface area contributed by atoms with Crippen LogP contribution in [0.5, 0.6) is 0 Å². The van der Waals surface area contributed by atoms with E-state index in [4.69, 9.17) is 11.6 Å². The van der Waals surface area contributed by atoms with Gasteiger partial charge in [0, 0.05) is 31.4 Å². The van der Waals surface area contributed by atoms with E-state index >= 15 is 0 Å². The zero-order valence-electron chi connectivity index (χ0n) is 9.50. The molecule has 7 heteroatoms. The third kappa shape index (κ3) is 2.94. The molecule has 1 saturated heterocycles. The Labute approximate surface area is 106 Å². The van der Waals surface area contributed by atoms with Crippen molar-refractivity contribution in [1.82, 2.24) is 14.3 Å². The molecule has 1 aromatic heterocycles. The highest BCUT2D eigenvalue weighted by molar-refractivity contribution is 7.88. The number of piperidine rings is 1. The first-order chi connectivity index (χ1) is 7.98. The van der Waals surface area contributed by atoms with Crippen molar-refractivity contribution in [2.45, 2.75) is 18.8 Å². The van der Waals surface area contributed by atoms with Gasteiger partial charge in [-0.3, -0.25) is 4.98 Å². The van der Waals surface area contributed by atoms with Crippen LogP contribution in [0.4, 0.5) is 0 Å². The molecule has 17 heavy (non-hydrogen) atoms. The molecule has 1 aliphatic heterocycles. The van der Waals surface area contributed by atoms with Gasteiger partial charge in [-0.25, -0.2) is 17.7 Å². The number of hydrogen-bond acceptors (Lipinski definition) is 4. The number of sulfonamides is 1. The van der Waals surface area contributed by atoms with Crippen molar-refractivity contribution in [2.24, 2.45) is 0 Å². The predicted molar refractivity (Wildman–Crippen MR) is 65.4 cm³/mol. The predicted octanol–water partition coefficient (Wildman–Crippen LogP) is 1.27. The maximum absolute atomic E-state index is 11.5. The zero-order valence-corrected chi connectivity index (χ0v) is 11.1. The number of nitrogens with zero attached hydrogens (tertiary/aromatic N) is 3. The highest BCUT2D eigenvalue weighted by Crippen LogP contribution is 2.29. The summed E-state index contributed by atoms with van der Waals surface area (Å²) in [7, 11) is -3.14. The monoisotopic (exact) mass is 275 g/mol. The van der Waals surface area contributed by atoms with Crippen LogP contribution in [0.2, 0.25) is 5.15 Å². The summed E-state index contributed by atoms with van der Waals surface area (Å²) in [5.74, 6) is 0.0414. The van der Waals surface area contributed by atoms with Gasteiger partial charge in [-0.05, 0) is 12.8 Å². The summed E-state index contributed by atoms with van der Waals surface area (Å²) >= 11 is 5.98. The lowest BCUT2D eigenvalue weighted by Crippen LogP contribution is -2.38. The molecule has 94 valence electrons. The fourth-order valence-electron chi connectivity index (χ4n) is 2.07. The van der Waals surface area contributed by atoms with Gasteiger partial charge < -0.3 is 0 Å². The van der Waals surface area contributed by atoms with E-state index in [-0.39, 0.29) is 5.92 Å². The number of hydrogen-bond donors (Lipinski definition) is 0. The van der Waals surface area contributed by atoms with E-state index in [0.717, 1.165) is 12.8 Å². The minimum atomic E-state index is -3.14. The van der Waals surface area contributed by atoms with Crippen molar-refractivity contribution in [3.05, 3.63) is 23.2 Å². The smallest absolute Gasteiger partial charge is 0.211 e. The Balaban J connectivity index is 2.21. The van der Waals surface area contributed by atoms with E-state index in [1.165, 1.54) is 16.8 Å². The van der Waals surface area contributed by atoms with Crippen LogP contribution in [-0.4, -0.2) is 42.0 Å². The summed E-state index contributed by atoms with van der Waals surface area (Å²) < 4.78 is 24.5. The molecule has 5 nitrogen and oxygen atoms in total. The first-order valence-corrected chi connectivity index (χ1v) is 7.62. The molecule has 1 unspecified atom stereocenters. The minimum Gasteiger partial charge on any atom is -0.256 e. The van der Waals surface area contributed by atoms with Crippen molar-refractivity contribution in [3.8, 4) is 0 Å². The third-order valence-corrected chi connectivity index (χ3v) is 4.48. The Morgan fingerprint density at radius 3 is 2.76 bits per heavy atom. The van der Waals surface area contributed by atoms with Crippen LogP contribution < -0.4 is 0 Å². The largest absolute Gasteiger partial charge is 0.256 e. The van der Waals surface area contributed by atoms with Gasteiger partial charge in [-0.1, -0.05) is 11.6 Å². The molecule has 1 aliphatic rings. The fourth-order valence-corrected chi connectivity index (χ4v) is 3.24. The van der Waals surface area contributed by atoms with Gasteiger partial charge in [0.05, 0.1) is 11.9 Å². The van der Waals surface area contributed by atoms with Crippen LogP contribution >= 0.6 is 11.6 Å². The van der Waals surface area contributed by atoms with Gasteiger partial charge in [-0.15, -0.1) is 0 Å². The molecule has 0 N–H and O–H groups in total. The Kier molecular flexibility index (Phi) is 3.65. The summed E-state index contributed by atoms with van der Waals surface area (Å²) in [6.07, 6.45) is 6.06. The topological polar surface area (TPSA) is 63.2 Å². The molecular formula is C10H14ClN3O2S. The normalized spacial score (nSPS) is 22.6. The molecule has 1 atom stereocenters. The molecule has 0 aromatic carbocycles. The molecule has 1 fully saturated rings. The molecular weight excluding hydrogens is 262 g/mol. The van der Waals surface area contributed by atoms with Gasteiger partial charge >= 0.3 is 0 Å². The second-order valence-electron chi connectivity index (χ2n) is 4.19. The molecule has 0 amide bonds. The van der Waals surface area contributed by atoms with Crippen LogP contribution in [0, 0.1) is 0 Å². The highest BCUT2D eigenvalue weighted by Gasteiger charge is 2.28. The second kappa shape index (κ2) is 4.88. The van der Waals surface area contributed by atoms with Crippen molar-refractivity contribution < 1.29 is 8.42 Å². The van der Waals surface area contributed by atoms with E-state index in [1.807, 2.05) is 0 Å². The summed E-state index contributed by atoms with van der Waals surface area (Å²) in [4.78, 5) is 8.18. The van der Waals surface area contributed by atoms with Crippen LogP contribution in [0.15, 0.2) is 12.4 Å². The zero-order chi connectivity index (χ0) is 12.5. The van der Waals surface area contributed by atoms with E-state index in [0.29, 0.717) is 23.9 Å². The summed E-state index contributed by atoms with van der Waals surface area (Å²) in [5, 5.41) is 0.368. The summed E-state index contributed by atoms with van der Waals surface area (Å²) in [6.45, 7) is 1.02. The first kappa shape index (κ1) is 12.7. The van der Waals surface area contributed by atoms with Gasteiger partial charge in [0.2, 0.25) is 10.0 Å². The van der Waals surface area contributed by atoms with E-state index in [1.54, 1.807) is 6.20 Å². The van der Waals surface area contributed by atoms with Crippen molar-refractivity contribution in [3.63, 3.8) is 0 Å². The van der Waals surface area contributed by atoms with E-state index < -0.39 is 10.0 Å². The minimum absolute atomic E-state index is 0.0414. The van der Waals surface area contributed by atoms with Crippen LogP contribution in [-0.2, 0) is 10.0 Å². The lowest BCUT2D eigenvalue weighted by atomic mass is 9.96. The molecule has 0 saturated carbocycles. The quantitative estimate of drug-likeness (QED) is 0.815. The fraction of sp³-hybridized carbons (Fsp3) is 0.600. The maximum Gasteiger partial charge on any atom is 0.211 e. The number of rotatable bonds is 2. The number of halogens is 1. The SMILES string of the molecule is CS(=O)(=O)N1CCCC(c2nccnc2Cl)C1. The highest BCUT2D eigenvalue weighted by atomic mass is 35.5. The average molecular weight is 276 g/mol. The Bertz CT molecular complexity index is 506. The van der Waals surface area contributed by atoms with Crippen LogP contribution in [0.25, 0.3) is 0 Å². The first-order valence-electron chi connectivity index (χ1n) is 5.40. The number of aromatic nitrogens is 2. The van der Waals surface area contributed by atoms with Crippen LogP contribution in [0.3, 0.4) is 0 Å². The molecule has 0 bridgehead atoms. The van der Waals surface area contributed by atoms with Gasteiger partial charge in [0.1, 0.15) is 0 Å². The maximum atomic E-state index is 11.5. The second-order valence-corrected chi connectivity index (χ2v) is 6.53. The lowest BCUT2D eigenvalue weighted by Gasteiger charge is -2.30. The molecule has 0 aliphatic carbocycles. The van der Waals surface area contributed by atoms with Crippen molar-refractivity contribution >= 4 is 21.6 Å². The molecule has 0 radical (unpaired) electrons. The van der Waals surface area contributed by atoms with Crippen LogP contribution in [0.1, 0.15) is 24.5 Å². The van der Waals surface area contributed by atoms with Gasteiger partial charge in [-0.2, -0.15) is 0 Å². The summed E-state index contributed by atoms with van der Waals surface area (Å²) in [6, 6.07) is 0. The third-order valence-electron chi connectivity index (χ3n) is 2.92. The summed E-state index contributed by atoms with van der Waals surface area (Å²) in [5.41, 5.74) is 0.697. The Morgan fingerprint density at radius 2 is 2.12 bits per heavy atom. The van der Waals surface area contributed by atoms with Crippen molar-refractivity contribution in [1.29, 1.82) is 0 Å². The Hall–Kier alpha value is -0.720. The lowest BCUT2D eigenvalue weighted by molar-refractivity contribution is 0.314. The van der Waals surface area contributed by atoms with E-state index in [2.05, 4.69) is 9.97 Å². The van der Waals surface area contributed by atoms with Gasteiger partial charge in [0.25, 0.3) is 0 Å². The Morgan fingerprint density at radius 1 is 1.41 bits per heavy atom. The standard InChI is InChI=1S/C10H14ClN3O2S/c1-17(15,16)14-6-2-3-8(7-14)9-10(11)13-5-4-12-9/h4-5,8H,2-3,6-7H2,1H3. The molecule has 1 aromatic rings. The van der Waals surface area contributed by atoms with Gasteiger partial charge in [0.15, 0.2) is 5.15 Å². The van der Waals surface area contributed by atoms with Crippen molar-refractivity contribution in [2.75, 3.05) is 19.3 Å². The molecule has 0 spiro atoms. The average Bonchev–Trinajstić information content (AvgIpc) is 2.29. The van der Waals surface area contributed by atoms with E-state index in [9.17, 15) is 8.42 Å². The molecule has 2 heterocycles.